The number of aryl methyl sites for hydroxylation is 1. The van der Waals surface area contributed by atoms with Crippen molar-refractivity contribution < 1.29 is 27.6 Å². The summed E-state index contributed by atoms with van der Waals surface area (Å²) in [4.78, 5) is 23.3. The van der Waals surface area contributed by atoms with Crippen LogP contribution in [0.1, 0.15) is 5.56 Å². The van der Waals surface area contributed by atoms with E-state index in [0.717, 1.165) is 10.4 Å². The van der Waals surface area contributed by atoms with Crippen molar-refractivity contribution in [1.29, 1.82) is 0 Å². The molecule has 0 radical (unpaired) electrons. The zero-order valence-corrected chi connectivity index (χ0v) is 20.6. The number of benzene rings is 3. The summed E-state index contributed by atoms with van der Waals surface area (Å²) >= 11 is 6.12. The molecule has 0 saturated heterocycles. The van der Waals surface area contributed by atoms with E-state index >= 15 is 0 Å². The second-order valence-corrected chi connectivity index (χ2v) is 9.61. The fraction of sp³-hybridized carbons (Fsp3) is 0.174. The number of carbonyl (C=O) groups excluding carboxylic acids is 1. The van der Waals surface area contributed by atoms with Crippen molar-refractivity contribution in [3.63, 3.8) is 0 Å². The van der Waals surface area contributed by atoms with Crippen LogP contribution < -0.4 is 19.1 Å². The van der Waals surface area contributed by atoms with E-state index in [1.54, 1.807) is 24.3 Å². The number of hydrogen-bond donors (Lipinski definition) is 1. The predicted octanol–water partition coefficient (Wildman–Crippen LogP) is 4.41. The van der Waals surface area contributed by atoms with Gasteiger partial charge in [-0.15, -0.1) is 0 Å². The third-order valence-corrected chi connectivity index (χ3v) is 7.03. The van der Waals surface area contributed by atoms with Crippen molar-refractivity contribution in [2.75, 3.05) is 30.4 Å². The van der Waals surface area contributed by atoms with Gasteiger partial charge in [-0.05, 0) is 55.5 Å². The molecule has 12 heteroatoms. The van der Waals surface area contributed by atoms with Gasteiger partial charge in [0.15, 0.2) is 0 Å². The van der Waals surface area contributed by atoms with Gasteiger partial charge in [0, 0.05) is 22.3 Å². The molecule has 0 heterocycles. The zero-order chi connectivity index (χ0) is 25.8. The summed E-state index contributed by atoms with van der Waals surface area (Å²) in [6.07, 6.45) is 0. The second-order valence-electron chi connectivity index (χ2n) is 7.31. The molecule has 0 unspecified atom stereocenters. The maximum absolute atomic E-state index is 13.7. The maximum Gasteiger partial charge on any atom is 0.273 e. The summed E-state index contributed by atoms with van der Waals surface area (Å²) in [6.45, 7) is 0.835. The summed E-state index contributed by atoms with van der Waals surface area (Å²) in [5, 5.41) is 14.2. The lowest BCUT2D eigenvalue weighted by molar-refractivity contribution is -0.385. The fourth-order valence-electron chi connectivity index (χ4n) is 3.24. The first-order valence-electron chi connectivity index (χ1n) is 10.1. The second kappa shape index (κ2) is 10.6. The molecule has 0 saturated carbocycles. The molecule has 3 rings (SSSR count). The Labute approximate surface area is 207 Å². The normalized spacial score (nSPS) is 11.0. The minimum atomic E-state index is -4.46. The van der Waals surface area contributed by atoms with Crippen LogP contribution in [0.3, 0.4) is 0 Å². The van der Waals surface area contributed by atoms with Crippen LogP contribution in [0.25, 0.3) is 0 Å². The molecule has 1 amide bonds. The summed E-state index contributed by atoms with van der Waals surface area (Å²) < 4.78 is 38.5. The third-order valence-electron chi connectivity index (χ3n) is 5.04. The van der Waals surface area contributed by atoms with Crippen molar-refractivity contribution in [3.8, 4) is 11.5 Å². The van der Waals surface area contributed by atoms with Crippen molar-refractivity contribution in [2.45, 2.75) is 11.8 Å². The van der Waals surface area contributed by atoms with Crippen LogP contribution in [0.2, 0.25) is 5.02 Å². The highest BCUT2D eigenvalue weighted by Gasteiger charge is 2.31. The molecule has 0 atom stereocenters. The molecule has 0 aliphatic carbocycles. The molecule has 35 heavy (non-hydrogen) atoms. The number of ether oxygens (including phenoxy) is 2. The summed E-state index contributed by atoms with van der Waals surface area (Å²) in [6, 6.07) is 14.3. The monoisotopic (exact) mass is 519 g/mol. The van der Waals surface area contributed by atoms with E-state index in [9.17, 15) is 23.3 Å². The van der Waals surface area contributed by atoms with E-state index in [0.29, 0.717) is 11.4 Å². The van der Waals surface area contributed by atoms with Crippen LogP contribution in [0, 0.1) is 17.0 Å². The van der Waals surface area contributed by atoms with E-state index in [-0.39, 0.29) is 32.6 Å². The summed E-state index contributed by atoms with van der Waals surface area (Å²) in [5.74, 6) is 0.0519. The van der Waals surface area contributed by atoms with Gasteiger partial charge in [-0.3, -0.25) is 19.2 Å². The quantitative estimate of drug-likeness (QED) is 0.327. The Morgan fingerprint density at radius 3 is 2.34 bits per heavy atom. The molecule has 10 nitrogen and oxygen atoms in total. The number of halogens is 1. The Kier molecular flexibility index (Phi) is 7.82. The standard InChI is InChI=1S/C23H22ClN3O7S/c1-15-4-10-19(13-20(15)27(29)30)35(31,32)26(21-12-16(24)5-11-22(21)34-3)14-23(28)25-17-6-8-18(33-2)9-7-17/h4-13H,14H2,1-3H3,(H,25,28). The molecule has 3 aromatic rings. The zero-order valence-electron chi connectivity index (χ0n) is 19.0. The Balaban J connectivity index is 2.06. The highest BCUT2D eigenvalue weighted by molar-refractivity contribution is 7.92. The molecule has 0 fully saturated rings. The SMILES string of the molecule is COc1ccc(NC(=O)CN(c2cc(Cl)ccc2OC)S(=O)(=O)c2ccc(C)c([N+](=O)[O-])c2)cc1. The molecule has 0 aliphatic rings. The highest BCUT2D eigenvalue weighted by atomic mass is 35.5. The Morgan fingerprint density at radius 1 is 1.06 bits per heavy atom. The lowest BCUT2D eigenvalue weighted by Gasteiger charge is -2.26. The Hall–Kier alpha value is -3.83. The molecule has 3 aromatic carbocycles. The first-order chi connectivity index (χ1) is 16.6. The minimum absolute atomic E-state index is 0.00638. The molecular formula is C23H22ClN3O7S. The van der Waals surface area contributed by atoms with Crippen molar-refractivity contribution in [1.82, 2.24) is 0 Å². The number of sulfonamides is 1. The smallest absolute Gasteiger partial charge is 0.273 e. The van der Waals surface area contributed by atoms with Gasteiger partial charge in [0.05, 0.1) is 29.7 Å². The average molecular weight is 520 g/mol. The molecule has 0 spiro atoms. The average Bonchev–Trinajstić information content (AvgIpc) is 2.82. The number of nitro groups is 1. The predicted molar refractivity (Wildman–Crippen MR) is 132 cm³/mol. The lowest BCUT2D eigenvalue weighted by Crippen LogP contribution is -2.38. The first-order valence-corrected chi connectivity index (χ1v) is 11.9. The van der Waals surface area contributed by atoms with Crippen LogP contribution in [-0.2, 0) is 14.8 Å². The van der Waals surface area contributed by atoms with Gasteiger partial charge in [0.25, 0.3) is 15.7 Å². The van der Waals surface area contributed by atoms with Crippen LogP contribution in [-0.4, -0.2) is 40.0 Å². The molecule has 1 N–H and O–H groups in total. The number of nitro benzene ring substituents is 1. The lowest BCUT2D eigenvalue weighted by atomic mass is 10.2. The molecule has 184 valence electrons. The van der Waals surface area contributed by atoms with Gasteiger partial charge in [0.1, 0.15) is 18.0 Å². The topological polar surface area (TPSA) is 128 Å². The van der Waals surface area contributed by atoms with Gasteiger partial charge < -0.3 is 14.8 Å². The third kappa shape index (κ3) is 5.81. The molecule has 0 aliphatic heterocycles. The largest absolute Gasteiger partial charge is 0.497 e. The van der Waals surface area contributed by atoms with Crippen molar-refractivity contribution in [2.24, 2.45) is 0 Å². The molecule has 0 bridgehead atoms. The number of hydrogen-bond acceptors (Lipinski definition) is 7. The first kappa shape index (κ1) is 25.8. The summed E-state index contributed by atoms with van der Waals surface area (Å²) in [7, 11) is -1.62. The van der Waals surface area contributed by atoms with Crippen molar-refractivity contribution >= 4 is 44.6 Å². The maximum atomic E-state index is 13.7. The van der Waals surface area contributed by atoms with E-state index in [2.05, 4.69) is 5.32 Å². The molecular weight excluding hydrogens is 498 g/mol. The van der Waals surface area contributed by atoms with E-state index in [1.807, 2.05) is 0 Å². The van der Waals surface area contributed by atoms with Crippen molar-refractivity contribution in [3.05, 3.63) is 81.4 Å². The van der Waals surface area contributed by atoms with Gasteiger partial charge in [-0.25, -0.2) is 8.42 Å². The van der Waals surface area contributed by atoms with E-state index in [1.165, 1.54) is 51.5 Å². The van der Waals surface area contributed by atoms with E-state index in [4.69, 9.17) is 21.1 Å². The van der Waals surface area contributed by atoms with Crippen LogP contribution in [0.15, 0.2) is 65.6 Å². The van der Waals surface area contributed by atoms with Gasteiger partial charge in [0.2, 0.25) is 5.91 Å². The number of nitrogens with zero attached hydrogens (tertiary/aromatic N) is 2. The molecule has 0 aromatic heterocycles. The minimum Gasteiger partial charge on any atom is -0.497 e. The van der Waals surface area contributed by atoms with Crippen LogP contribution in [0.4, 0.5) is 17.1 Å². The van der Waals surface area contributed by atoms with Gasteiger partial charge >= 0.3 is 0 Å². The highest BCUT2D eigenvalue weighted by Crippen LogP contribution is 2.35. The number of amides is 1. The van der Waals surface area contributed by atoms with Crippen LogP contribution >= 0.6 is 11.6 Å². The number of carbonyl (C=O) groups is 1. The van der Waals surface area contributed by atoms with Crippen LogP contribution in [0.5, 0.6) is 11.5 Å². The fourth-order valence-corrected chi connectivity index (χ4v) is 4.85. The van der Waals surface area contributed by atoms with Gasteiger partial charge in [-0.2, -0.15) is 0 Å². The summed E-state index contributed by atoms with van der Waals surface area (Å²) in [5.41, 5.74) is 0.329. The number of rotatable bonds is 9. The Bertz CT molecular complexity index is 1360. The number of anilines is 2. The van der Waals surface area contributed by atoms with Gasteiger partial charge in [-0.1, -0.05) is 17.7 Å². The number of methoxy groups -OCH3 is 2. The number of nitrogens with one attached hydrogen (secondary N) is 1. The Morgan fingerprint density at radius 2 is 1.74 bits per heavy atom. The van der Waals surface area contributed by atoms with E-state index < -0.39 is 27.4 Å².